The minimum Gasteiger partial charge on any atom is -0.463 e. The molecule has 0 aliphatic carbocycles. The number of esters is 4. The number of hydrogen-bond acceptors (Lipinski definition) is 12. The third-order valence-electron chi connectivity index (χ3n) is 4.05. The Morgan fingerprint density at radius 2 is 1.36 bits per heavy atom. The molecule has 0 aromatic rings. The monoisotopic (exact) mass is 498 g/mol. The molecule has 33 heavy (non-hydrogen) atoms. The van der Waals surface area contributed by atoms with E-state index in [1.54, 1.807) is 0 Å². The maximum atomic E-state index is 11.8. The average molecular weight is 499 g/mol. The minimum atomic E-state index is -1.37. The zero-order chi connectivity index (χ0) is 25.0. The molecule has 1 saturated heterocycles. The van der Waals surface area contributed by atoms with Gasteiger partial charge in [0, 0.05) is 34.3 Å². The molecule has 12 nitrogen and oxygen atoms in total. The molecular weight excluding hydrogens is 468 g/mol. The Morgan fingerprint density at radius 3 is 1.91 bits per heavy atom. The summed E-state index contributed by atoms with van der Waals surface area (Å²) in [7, 11) is 0. The first-order valence-corrected chi connectivity index (χ1v) is 10.7. The number of alkyl halides is 1. The van der Waals surface area contributed by atoms with Crippen LogP contribution in [0.15, 0.2) is 0 Å². The normalized spacial score (nSPS) is 25.6. The largest absolute Gasteiger partial charge is 0.463 e. The van der Waals surface area contributed by atoms with Gasteiger partial charge in [0.15, 0.2) is 23.9 Å². The molecule has 0 bridgehead atoms. The minimum absolute atomic E-state index is 0.0680. The maximum absolute atomic E-state index is 11.8. The number of carbonyl (C=O) groups excluding carboxylic acids is 4. The van der Waals surface area contributed by atoms with Gasteiger partial charge in [-0.2, -0.15) is 0 Å². The second-order valence-electron chi connectivity index (χ2n) is 6.89. The number of ether oxygens (including phenoxy) is 8. The summed E-state index contributed by atoms with van der Waals surface area (Å²) >= 11 is 6.19. The fourth-order valence-corrected chi connectivity index (χ4v) is 3.11. The van der Waals surface area contributed by atoms with E-state index in [1.165, 1.54) is 6.92 Å². The lowest BCUT2D eigenvalue weighted by atomic mass is 9.98. The first-order valence-electron chi connectivity index (χ1n) is 10.3. The van der Waals surface area contributed by atoms with Gasteiger partial charge in [-0.3, -0.25) is 19.2 Å². The van der Waals surface area contributed by atoms with Crippen LogP contribution in [0.1, 0.15) is 34.6 Å². The lowest BCUT2D eigenvalue weighted by Gasteiger charge is -2.44. The first kappa shape index (κ1) is 29.0. The Kier molecular flexibility index (Phi) is 13.2. The summed E-state index contributed by atoms with van der Waals surface area (Å²) in [5.41, 5.74) is -1.06. The number of hydrogen-bond donors (Lipinski definition) is 0. The summed E-state index contributed by atoms with van der Waals surface area (Å²) in [4.78, 5) is 46.5. The van der Waals surface area contributed by atoms with E-state index in [0.717, 1.165) is 20.8 Å². The van der Waals surface area contributed by atoms with Crippen molar-refractivity contribution in [3.63, 3.8) is 0 Å². The molecular formula is C20H31ClO12. The van der Waals surface area contributed by atoms with Crippen LogP contribution in [0.3, 0.4) is 0 Å². The van der Waals surface area contributed by atoms with Gasteiger partial charge < -0.3 is 37.9 Å². The van der Waals surface area contributed by atoms with Gasteiger partial charge >= 0.3 is 23.9 Å². The Bertz CT molecular complexity index is 657. The predicted molar refractivity (Wildman–Crippen MR) is 110 cm³/mol. The predicted octanol–water partition coefficient (Wildman–Crippen LogP) is 0.704. The van der Waals surface area contributed by atoms with Gasteiger partial charge in [-0.25, -0.2) is 0 Å². The Morgan fingerprint density at radius 1 is 0.818 bits per heavy atom. The molecule has 0 saturated carbocycles. The lowest BCUT2D eigenvalue weighted by Crippen LogP contribution is -2.63. The van der Waals surface area contributed by atoms with Crippen LogP contribution in [-0.4, -0.2) is 93.2 Å². The summed E-state index contributed by atoms with van der Waals surface area (Å²) in [6.45, 7) is 7.13. The number of rotatable bonds is 13. The highest BCUT2D eigenvalue weighted by Gasteiger charge is 2.53. The van der Waals surface area contributed by atoms with Crippen LogP contribution in [0.5, 0.6) is 0 Å². The maximum Gasteiger partial charge on any atom is 0.303 e. The number of halogens is 1. The van der Waals surface area contributed by atoms with Gasteiger partial charge in [-0.05, 0) is 6.92 Å². The van der Waals surface area contributed by atoms with E-state index >= 15 is 0 Å². The SMILES string of the molecule is CCOCCOCC(Cl)O[C@H]1O[C@H](COC(C)=O)[C@@H](OC(C)=O)[C@H](OC(C)=O)[C@@H]1OC(C)=O. The second kappa shape index (κ2) is 15.0. The van der Waals surface area contributed by atoms with Crippen molar-refractivity contribution in [2.75, 3.05) is 33.0 Å². The van der Waals surface area contributed by atoms with Gasteiger partial charge in [-0.1, -0.05) is 11.6 Å². The van der Waals surface area contributed by atoms with Crippen molar-refractivity contribution in [2.45, 2.75) is 70.9 Å². The summed E-state index contributed by atoms with van der Waals surface area (Å²) in [5, 5.41) is 0. The van der Waals surface area contributed by atoms with Crippen molar-refractivity contribution in [1.82, 2.24) is 0 Å². The summed E-state index contributed by atoms with van der Waals surface area (Å²) in [6.07, 6.45) is -6.46. The molecule has 1 heterocycles. The van der Waals surface area contributed by atoms with Crippen molar-refractivity contribution < 1.29 is 57.1 Å². The van der Waals surface area contributed by atoms with E-state index < -0.39 is 60.1 Å². The molecule has 1 rings (SSSR count). The third-order valence-corrected chi connectivity index (χ3v) is 4.28. The zero-order valence-electron chi connectivity index (χ0n) is 19.3. The fraction of sp³-hybridized carbons (Fsp3) is 0.800. The van der Waals surface area contributed by atoms with Gasteiger partial charge in [-0.15, -0.1) is 0 Å². The molecule has 0 N–H and O–H groups in total. The zero-order valence-corrected chi connectivity index (χ0v) is 20.0. The third kappa shape index (κ3) is 11.1. The van der Waals surface area contributed by atoms with Crippen LogP contribution in [0.25, 0.3) is 0 Å². The van der Waals surface area contributed by atoms with Gasteiger partial charge in [0.05, 0.1) is 19.8 Å². The van der Waals surface area contributed by atoms with E-state index in [1.807, 2.05) is 6.92 Å². The van der Waals surface area contributed by atoms with Crippen LogP contribution in [0, 0.1) is 0 Å². The molecule has 1 unspecified atom stereocenters. The van der Waals surface area contributed by atoms with Crippen LogP contribution in [-0.2, 0) is 57.1 Å². The summed E-state index contributed by atoms with van der Waals surface area (Å²) < 4.78 is 42.8. The highest BCUT2D eigenvalue weighted by atomic mass is 35.5. The Hall–Kier alpha value is -1.99. The molecule has 1 fully saturated rings. The Balaban J connectivity index is 3.11. The van der Waals surface area contributed by atoms with Crippen molar-refractivity contribution in [3.05, 3.63) is 0 Å². The van der Waals surface area contributed by atoms with Crippen LogP contribution < -0.4 is 0 Å². The van der Waals surface area contributed by atoms with Crippen molar-refractivity contribution in [1.29, 1.82) is 0 Å². The van der Waals surface area contributed by atoms with Crippen LogP contribution in [0.2, 0.25) is 0 Å². The molecule has 0 amide bonds. The van der Waals surface area contributed by atoms with Crippen molar-refractivity contribution in [2.24, 2.45) is 0 Å². The molecule has 0 aromatic carbocycles. The smallest absolute Gasteiger partial charge is 0.303 e. The van der Waals surface area contributed by atoms with E-state index in [9.17, 15) is 19.2 Å². The molecule has 190 valence electrons. The van der Waals surface area contributed by atoms with E-state index in [-0.39, 0.29) is 19.8 Å². The van der Waals surface area contributed by atoms with Crippen LogP contribution >= 0.6 is 11.6 Å². The quantitative estimate of drug-likeness (QED) is 0.153. The van der Waals surface area contributed by atoms with E-state index in [4.69, 9.17) is 49.5 Å². The highest BCUT2D eigenvalue weighted by molar-refractivity contribution is 6.19. The molecule has 0 spiro atoms. The average Bonchev–Trinajstić information content (AvgIpc) is 2.69. The van der Waals surface area contributed by atoms with Gasteiger partial charge in [0.1, 0.15) is 12.7 Å². The van der Waals surface area contributed by atoms with Crippen molar-refractivity contribution in [3.8, 4) is 0 Å². The molecule has 1 aliphatic heterocycles. The standard InChI is InChI=1S/C20H31ClO12/c1-6-26-7-8-27-10-16(21)33-20-19(31-14(5)25)18(30-13(4)24)17(29-12(3)23)15(32-20)9-28-11(2)22/h15-20H,6-10H2,1-5H3/t15-,16?,17-,18+,19+,20-/m1/s1. The van der Waals surface area contributed by atoms with Gasteiger partial charge in [0.2, 0.25) is 6.29 Å². The van der Waals surface area contributed by atoms with E-state index in [2.05, 4.69) is 0 Å². The Labute approximate surface area is 197 Å². The second-order valence-corrected chi connectivity index (χ2v) is 7.37. The highest BCUT2D eigenvalue weighted by Crippen LogP contribution is 2.31. The van der Waals surface area contributed by atoms with Gasteiger partial charge in [0.25, 0.3) is 0 Å². The molecule has 1 aliphatic rings. The van der Waals surface area contributed by atoms with E-state index in [0.29, 0.717) is 13.2 Å². The molecule has 0 aromatic heterocycles. The molecule has 13 heteroatoms. The van der Waals surface area contributed by atoms with Crippen molar-refractivity contribution >= 4 is 35.5 Å². The topological polar surface area (TPSA) is 142 Å². The first-order chi connectivity index (χ1) is 15.5. The summed E-state index contributed by atoms with van der Waals surface area (Å²) in [5.74, 6) is -2.84. The number of carbonyl (C=O) groups is 4. The fourth-order valence-electron chi connectivity index (χ4n) is 2.92. The van der Waals surface area contributed by atoms with Crippen LogP contribution in [0.4, 0.5) is 0 Å². The molecule has 0 radical (unpaired) electrons. The summed E-state index contributed by atoms with van der Waals surface area (Å²) in [6, 6.07) is 0. The lowest BCUT2D eigenvalue weighted by molar-refractivity contribution is -0.313. The molecule has 6 atom stereocenters.